The third kappa shape index (κ3) is 3.29. The average Bonchev–Trinajstić information content (AvgIpc) is 2.74. The van der Waals surface area contributed by atoms with Crippen LogP contribution >= 0.6 is 27.7 Å². The first kappa shape index (κ1) is 16.5. The summed E-state index contributed by atoms with van der Waals surface area (Å²) in [7, 11) is 2.96. The lowest BCUT2D eigenvalue weighted by Crippen LogP contribution is -2.22. The van der Waals surface area contributed by atoms with E-state index in [1.807, 2.05) is 0 Å². The highest BCUT2D eigenvalue weighted by molar-refractivity contribution is 9.10. The largest absolute Gasteiger partial charge is 0.493 e. The maximum atomic E-state index is 11.9. The fourth-order valence-electron chi connectivity index (χ4n) is 1.74. The number of amides is 2. The molecule has 0 aromatic heterocycles. The van der Waals surface area contributed by atoms with Crippen molar-refractivity contribution in [2.45, 2.75) is 0 Å². The number of terminal acetylenes is 1. The van der Waals surface area contributed by atoms with Gasteiger partial charge in [0.05, 0.1) is 12.0 Å². The first-order valence-electron chi connectivity index (χ1n) is 6.13. The van der Waals surface area contributed by atoms with E-state index in [9.17, 15) is 9.59 Å². The molecule has 0 aliphatic carbocycles. The van der Waals surface area contributed by atoms with Gasteiger partial charge < -0.3 is 9.47 Å². The van der Waals surface area contributed by atoms with E-state index in [1.165, 1.54) is 14.2 Å². The molecule has 2 rings (SSSR count). The SMILES string of the molecule is C#CCOc1cc(Br)c(C=C2SC(=O)N(C)C2=O)cc1OC. The average molecular weight is 382 g/mol. The van der Waals surface area contributed by atoms with Crippen molar-refractivity contribution < 1.29 is 19.1 Å². The van der Waals surface area contributed by atoms with Crippen LogP contribution in [0.4, 0.5) is 4.79 Å². The van der Waals surface area contributed by atoms with Gasteiger partial charge in [0, 0.05) is 11.5 Å². The maximum Gasteiger partial charge on any atom is 0.293 e. The molecule has 22 heavy (non-hydrogen) atoms. The lowest BCUT2D eigenvalue weighted by molar-refractivity contribution is -0.121. The fraction of sp³-hybridized carbons (Fsp3) is 0.200. The molecule has 0 radical (unpaired) electrons. The zero-order valence-corrected chi connectivity index (χ0v) is 14.3. The van der Waals surface area contributed by atoms with Crippen molar-refractivity contribution in [2.75, 3.05) is 20.8 Å². The van der Waals surface area contributed by atoms with Gasteiger partial charge in [0.2, 0.25) is 0 Å². The molecule has 0 bridgehead atoms. The van der Waals surface area contributed by atoms with Gasteiger partial charge in [0.25, 0.3) is 11.1 Å². The molecular weight excluding hydrogens is 370 g/mol. The molecule has 0 N–H and O–H groups in total. The van der Waals surface area contributed by atoms with Gasteiger partial charge in [0.1, 0.15) is 6.61 Å². The van der Waals surface area contributed by atoms with Crippen molar-refractivity contribution in [3.05, 3.63) is 27.1 Å². The molecule has 7 heteroatoms. The topological polar surface area (TPSA) is 55.8 Å². The van der Waals surface area contributed by atoms with Crippen molar-refractivity contribution in [3.8, 4) is 23.8 Å². The van der Waals surface area contributed by atoms with Crippen LogP contribution in [0.5, 0.6) is 11.5 Å². The summed E-state index contributed by atoms with van der Waals surface area (Å²) in [5.74, 6) is 3.03. The Balaban J connectivity index is 2.39. The number of rotatable bonds is 4. The van der Waals surface area contributed by atoms with Gasteiger partial charge in [-0.2, -0.15) is 0 Å². The Morgan fingerprint density at radius 3 is 2.68 bits per heavy atom. The number of carbonyl (C=O) groups excluding carboxylic acids is 2. The van der Waals surface area contributed by atoms with Crippen molar-refractivity contribution >= 4 is 44.9 Å². The van der Waals surface area contributed by atoms with Crippen molar-refractivity contribution in [1.82, 2.24) is 4.90 Å². The van der Waals surface area contributed by atoms with Crippen LogP contribution in [-0.2, 0) is 4.79 Å². The van der Waals surface area contributed by atoms with Crippen LogP contribution in [0.15, 0.2) is 21.5 Å². The molecule has 0 saturated carbocycles. The zero-order chi connectivity index (χ0) is 16.3. The highest BCUT2D eigenvalue weighted by Crippen LogP contribution is 2.37. The predicted octanol–water partition coefficient (Wildman–Crippen LogP) is 3.14. The van der Waals surface area contributed by atoms with E-state index in [2.05, 4.69) is 21.9 Å². The Hall–Kier alpha value is -1.91. The number of halogens is 1. The minimum atomic E-state index is -0.325. The van der Waals surface area contributed by atoms with Crippen LogP contribution in [0.3, 0.4) is 0 Å². The minimum Gasteiger partial charge on any atom is -0.493 e. The summed E-state index contributed by atoms with van der Waals surface area (Å²) in [6.07, 6.45) is 6.80. The van der Waals surface area contributed by atoms with E-state index < -0.39 is 0 Å². The van der Waals surface area contributed by atoms with Crippen molar-refractivity contribution in [3.63, 3.8) is 0 Å². The fourth-order valence-corrected chi connectivity index (χ4v) is 2.99. The Kier molecular flexibility index (Phi) is 5.16. The summed E-state index contributed by atoms with van der Waals surface area (Å²) in [6, 6.07) is 3.41. The van der Waals surface area contributed by atoms with Crippen LogP contribution in [0.2, 0.25) is 0 Å². The van der Waals surface area contributed by atoms with Gasteiger partial charge in [-0.3, -0.25) is 14.5 Å². The van der Waals surface area contributed by atoms with Crippen LogP contribution < -0.4 is 9.47 Å². The molecule has 114 valence electrons. The Morgan fingerprint density at radius 1 is 1.41 bits per heavy atom. The molecule has 1 fully saturated rings. The number of carbonyl (C=O) groups is 2. The molecule has 5 nitrogen and oxygen atoms in total. The van der Waals surface area contributed by atoms with Crippen LogP contribution in [0.25, 0.3) is 6.08 Å². The summed E-state index contributed by atoms with van der Waals surface area (Å²) < 4.78 is 11.3. The highest BCUT2D eigenvalue weighted by Gasteiger charge is 2.32. The second-order valence-electron chi connectivity index (χ2n) is 4.26. The molecule has 1 aliphatic rings. The predicted molar refractivity (Wildman–Crippen MR) is 88.8 cm³/mol. The first-order valence-corrected chi connectivity index (χ1v) is 7.74. The Labute approximate surface area is 140 Å². The van der Waals surface area contributed by atoms with E-state index >= 15 is 0 Å². The molecule has 0 spiro atoms. The lowest BCUT2D eigenvalue weighted by Gasteiger charge is -2.11. The van der Waals surface area contributed by atoms with E-state index in [0.717, 1.165) is 16.7 Å². The van der Waals surface area contributed by atoms with Gasteiger partial charge in [-0.25, -0.2) is 0 Å². The molecule has 1 saturated heterocycles. The molecular formula is C15H12BrNO4S. The van der Waals surface area contributed by atoms with Crippen molar-refractivity contribution in [2.24, 2.45) is 0 Å². The van der Waals surface area contributed by atoms with E-state index in [-0.39, 0.29) is 17.8 Å². The maximum absolute atomic E-state index is 11.9. The summed E-state index contributed by atoms with van der Waals surface area (Å²) in [5, 5.41) is -0.298. The minimum absolute atomic E-state index is 0.122. The van der Waals surface area contributed by atoms with Gasteiger partial charge >= 0.3 is 0 Å². The van der Waals surface area contributed by atoms with Crippen LogP contribution in [-0.4, -0.2) is 36.8 Å². The van der Waals surface area contributed by atoms with Gasteiger partial charge in [0.15, 0.2) is 11.5 Å². The third-order valence-electron chi connectivity index (χ3n) is 2.87. The first-order chi connectivity index (χ1) is 10.5. The number of ether oxygens (including phenoxy) is 2. The van der Waals surface area contributed by atoms with Crippen LogP contribution in [0.1, 0.15) is 5.56 Å². The van der Waals surface area contributed by atoms with Gasteiger partial charge in [-0.15, -0.1) is 6.42 Å². The standard InChI is InChI=1S/C15H12BrNO4S/c1-4-5-21-12-8-10(16)9(6-11(12)20-3)7-13-14(18)17(2)15(19)22-13/h1,6-8H,5H2,2-3H3. The number of thioether (sulfide) groups is 1. The Bertz CT molecular complexity index is 708. The zero-order valence-electron chi connectivity index (χ0n) is 11.9. The number of benzene rings is 1. The third-order valence-corrected chi connectivity index (χ3v) is 4.51. The second kappa shape index (κ2) is 6.90. The normalized spacial score (nSPS) is 16.1. The molecule has 2 amide bonds. The van der Waals surface area contributed by atoms with Gasteiger partial charge in [-0.1, -0.05) is 21.9 Å². The van der Waals surface area contributed by atoms with Crippen molar-refractivity contribution in [1.29, 1.82) is 0 Å². The summed E-state index contributed by atoms with van der Waals surface area (Å²) >= 11 is 4.30. The molecule has 1 heterocycles. The van der Waals surface area contributed by atoms with E-state index in [0.29, 0.717) is 26.4 Å². The molecule has 1 aromatic rings. The molecule has 1 aromatic carbocycles. The van der Waals surface area contributed by atoms with Gasteiger partial charge in [-0.05, 0) is 35.5 Å². The van der Waals surface area contributed by atoms with E-state index in [1.54, 1.807) is 18.2 Å². The molecule has 1 aliphatic heterocycles. The number of methoxy groups -OCH3 is 1. The highest BCUT2D eigenvalue weighted by atomic mass is 79.9. The number of nitrogens with zero attached hydrogens (tertiary/aromatic N) is 1. The monoisotopic (exact) mass is 381 g/mol. The van der Waals surface area contributed by atoms with Crippen LogP contribution in [0, 0.1) is 12.3 Å². The summed E-state index contributed by atoms with van der Waals surface area (Å²) in [6.45, 7) is 0.122. The summed E-state index contributed by atoms with van der Waals surface area (Å²) in [4.78, 5) is 24.9. The van der Waals surface area contributed by atoms with E-state index in [4.69, 9.17) is 15.9 Å². The lowest BCUT2D eigenvalue weighted by atomic mass is 10.2. The Morgan fingerprint density at radius 2 is 2.14 bits per heavy atom. The molecule has 0 unspecified atom stereocenters. The number of imide groups is 1. The second-order valence-corrected chi connectivity index (χ2v) is 6.11. The molecule has 0 atom stereocenters. The summed E-state index contributed by atoms with van der Waals surface area (Å²) in [5.41, 5.74) is 0.698. The smallest absolute Gasteiger partial charge is 0.293 e. The number of likely N-dealkylation sites (N-methyl/N-ethyl adjacent to an activating group) is 1. The number of hydrogen-bond donors (Lipinski definition) is 0. The quantitative estimate of drug-likeness (QED) is 0.592. The number of hydrogen-bond acceptors (Lipinski definition) is 5.